The quantitative estimate of drug-likeness (QED) is 0.286. The van der Waals surface area contributed by atoms with Crippen molar-refractivity contribution >= 4 is 27.5 Å². The van der Waals surface area contributed by atoms with Crippen molar-refractivity contribution in [3.05, 3.63) is 63.1 Å². The molecule has 2 rings (SSSR count). The van der Waals surface area contributed by atoms with E-state index in [9.17, 15) is 28.0 Å². The molecule has 0 saturated carbocycles. The summed E-state index contributed by atoms with van der Waals surface area (Å²) in [5.41, 5.74) is -1.43. The summed E-state index contributed by atoms with van der Waals surface area (Å²) in [7, 11) is 2.88. The molecule has 0 aliphatic rings. The molecule has 1 aromatic carbocycles. The van der Waals surface area contributed by atoms with E-state index in [1.807, 2.05) is 0 Å². The number of halogens is 2. The fourth-order valence-electron chi connectivity index (χ4n) is 2.59. The van der Waals surface area contributed by atoms with Gasteiger partial charge in [0.25, 0.3) is 0 Å². The van der Waals surface area contributed by atoms with Gasteiger partial charge in [-0.15, -0.1) is 0 Å². The van der Waals surface area contributed by atoms with Gasteiger partial charge in [0.2, 0.25) is 11.2 Å². The Morgan fingerprint density at radius 2 is 2.00 bits per heavy atom. The molecule has 1 heterocycles. The Hall–Kier alpha value is -2.93. The Bertz CT molecular complexity index is 989. The second-order valence-corrected chi connectivity index (χ2v) is 5.87. The molecule has 0 bridgehead atoms. The third-order valence-corrected chi connectivity index (χ3v) is 4.18. The number of esters is 1. The summed E-state index contributed by atoms with van der Waals surface area (Å²) >= 11 is 0. The number of aldehydes is 1. The number of benzene rings is 1. The van der Waals surface area contributed by atoms with Gasteiger partial charge in [-0.3, -0.25) is 9.59 Å². The van der Waals surface area contributed by atoms with E-state index in [-0.39, 0.29) is 36.2 Å². The minimum atomic E-state index is -0.927. The first kappa shape index (κ1) is 21.4. The van der Waals surface area contributed by atoms with Gasteiger partial charge in [-0.25, -0.2) is 13.6 Å². The Morgan fingerprint density at radius 1 is 1.29 bits per heavy atom. The van der Waals surface area contributed by atoms with Crippen molar-refractivity contribution in [2.75, 3.05) is 7.11 Å². The van der Waals surface area contributed by atoms with Gasteiger partial charge in [-0.05, 0) is 18.1 Å². The van der Waals surface area contributed by atoms with E-state index < -0.39 is 34.6 Å². The molecule has 7 nitrogen and oxygen atoms in total. The van der Waals surface area contributed by atoms with Crippen LogP contribution in [0.4, 0.5) is 8.78 Å². The summed E-state index contributed by atoms with van der Waals surface area (Å²) in [6.07, 6.45) is 1.19. The highest BCUT2D eigenvalue weighted by atomic mass is 31.0. The Labute approximate surface area is 160 Å². The zero-order valence-corrected chi connectivity index (χ0v) is 15.9. The lowest BCUT2D eigenvalue weighted by Crippen LogP contribution is -2.26. The molecular formula is C18H16F2NO6P. The molecule has 1 atom stereocenters. The Kier molecular flexibility index (Phi) is 7.12. The number of ketones is 1. The molecule has 0 saturated heterocycles. The lowest BCUT2D eigenvalue weighted by molar-refractivity contribution is -0.108. The summed E-state index contributed by atoms with van der Waals surface area (Å²) < 4.78 is 37.2. The van der Waals surface area contributed by atoms with Crippen LogP contribution >= 0.6 is 9.47 Å². The Balaban J connectivity index is 2.42. The predicted molar refractivity (Wildman–Crippen MR) is 97.5 cm³/mol. The number of carbonyl (C=O) groups is 3. The number of aryl methyl sites for hydroxylation is 1. The second kappa shape index (κ2) is 9.32. The third-order valence-electron chi connectivity index (χ3n) is 3.94. The average Bonchev–Trinajstić information content (AvgIpc) is 2.67. The maximum Gasteiger partial charge on any atom is 0.358 e. The lowest BCUT2D eigenvalue weighted by Gasteiger charge is -2.14. The molecule has 1 unspecified atom stereocenters. The van der Waals surface area contributed by atoms with Gasteiger partial charge < -0.3 is 18.6 Å². The third kappa shape index (κ3) is 4.48. The molecule has 0 fully saturated rings. The molecule has 28 heavy (non-hydrogen) atoms. The molecule has 0 spiro atoms. The number of Topliss-reactive ketones (excluding diaryl/α,β-unsaturated/α-hetero) is 1. The van der Waals surface area contributed by atoms with Crippen LogP contribution in [-0.2, 0) is 22.5 Å². The molecule has 2 aromatic rings. The van der Waals surface area contributed by atoms with Crippen LogP contribution in [0.1, 0.15) is 32.8 Å². The van der Waals surface area contributed by atoms with Gasteiger partial charge in [-0.1, -0.05) is 6.07 Å². The van der Waals surface area contributed by atoms with Gasteiger partial charge in [-0.2, -0.15) is 0 Å². The monoisotopic (exact) mass is 411 g/mol. The SMILES string of the molecule is COC(=O)c1c(OP)c(=O)c(C(=O)CCc2ccc(F)cc2F)cn1CC=O. The van der Waals surface area contributed by atoms with Crippen molar-refractivity contribution in [2.24, 2.45) is 0 Å². The van der Waals surface area contributed by atoms with Crippen LogP contribution in [0.2, 0.25) is 0 Å². The summed E-state index contributed by atoms with van der Waals surface area (Å²) in [5.74, 6) is -3.61. The van der Waals surface area contributed by atoms with Crippen molar-refractivity contribution in [2.45, 2.75) is 19.4 Å². The number of methoxy groups -OCH3 is 1. The number of rotatable bonds is 8. The molecule has 10 heteroatoms. The van der Waals surface area contributed by atoms with Crippen molar-refractivity contribution in [1.29, 1.82) is 0 Å². The highest BCUT2D eigenvalue weighted by molar-refractivity contribution is 7.10. The molecule has 0 amide bonds. The zero-order valence-electron chi connectivity index (χ0n) is 14.7. The molecule has 0 N–H and O–H groups in total. The number of carbonyl (C=O) groups excluding carboxylic acids is 3. The van der Waals surface area contributed by atoms with Gasteiger partial charge >= 0.3 is 5.97 Å². The van der Waals surface area contributed by atoms with Crippen LogP contribution in [0, 0.1) is 11.6 Å². The predicted octanol–water partition coefficient (Wildman–Crippen LogP) is 2.10. The maximum absolute atomic E-state index is 13.7. The summed E-state index contributed by atoms with van der Waals surface area (Å²) in [6, 6.07) is 2.97. The largest absolute Gasteiger partial charge is 0.474 e. The van der Waals surface area contributed by atoms with E-state index in [1.54, 1.807) is 9.47 Å². The van der Waals surface area contributed by atoms with Crippen molar-refractivity contribution in [3.8, 4) is 5.75 Å². The first-order valence-corrected chi connectivity index (χ1v) is 8.44. The summed E-state index contributed by atoms with van der Waals surface area (Å²) in [4.78, 5) is 48.0. The lowest BCUT2D eigenvalue weighted by atomic mass is 10.0. The zero-order chi connectivity index (χ0) is 20.8. The molecule has 0 aliphatic heterocycles. The molecule has 148 valence electrons. The highest BCUT2D eigenvalue weighted by Gasteiger charge is 2.25. The standard InChI is InChI=1S/C18H16F2NO6P/c1-26-18(25)15-17(27-28)16(24)12(9-21(15)6-7-22)14(23)5-3-10-2-4-11(19)8-13(10)20/h2,4,7-9H,3,5-6,28H2,1H3. The minimum absolute atomic E-state index is 0.0755. The van der Waals surface area contributed by atoms with Crippen LogP contribution < -0.4 is 9.95 Å². The maximum atomic E-state index is 13.7. The van der Waals surface area contributed by atoms with Crippen LogP contribution in [0.3, 0.4) is 0 Å². The van der Waals surface area contributed by atoms with Gasteiger partial charge in [0.1, 0.15) is 17.9 Å². The van der Waals surface area contributed by atoms with Crippen molar-refractivity contribution in [1.82, 2.24) is 4.57 Å². The van der Waals surface area contributed by atoms with E-state index >= 15 is 0 Å². The number of nitrogens with zero attached hydrogens (tertiary/aromatic N) is 1. The number of ether oxygens (including phenoxy) is 1. The van der Waals surface area contributed by atoms with Crippen LogP contribution in [0.15, 0.2) is 29.2 Å². The second-order valence-electron chi connectivity index (χ2n) is 5.64. The number of aromatic nitrogens is 1. The topological polar surface area (TPSA) is 91.7 Å². The smallest absolute Gasteiger partial charge is 0.358 e. The minimum Gasteiger partial charge on any atom is -0.474 e. The van der Waals surface area contributed by atoms with Crippen LogP contribution in [0.5, 0.6) is 5.75 Å². The molecule has 0 radical (unpaired) electrons. The first-order valence-electron chi connectivity index (χ1n) is 7.97. The number of pyridine rings is 1. The first-order chi connectivity index (χ1) is 13.3. The van der Waals surface area contributed by atoms with Gasteiger partial charge in [0.15, 0.2) is 11.5 Å². The van der Waals surface area contributed by atoms with E-state index in [4.69, 9.17) is 4.52 Å². The highest BCUT2D eigenvalue weighted by Crippen LogP contribution is 2.20. The normalized spacial score (nSPS) is 10.4. The van der Waals surface area contributed by atoms with E-state index in [0.29, 0.717) is 12.4 Å². The van der Waals surface area contributed by atoms with E-state index in [2.05, 4.69) is 4.74 Å². The fourth-order valence-corrected chi connectivity index (χ4v) is 2.80. The van der Waals surface area contributed by atoms with Crippen molar-refractivity contribution in [3.63, 3.8) is 0 Å². The summed E-state index contributed by atoms with van der Waals surface area (Å²) in [5, 5.41) is 0. The fraction of sp³-hybridized carbons (Fsp3) is 0.222. The Morgan fingerprint density at radius 3 is 2.57 bits per heavy atom. The summed E-state index contributed by atoms with van der Waals surface area (Å²) in [6.45, 7) is -0.335. The van der Waals surface area contributed by atoms with E-state index in [1.165, 1.54) is 6.07 Å². The van der Waals surface area contributed by atoms with Gasteiger partial charge in [0.05, 0.1) is 28.7 Å². The van der Waals surface area contributed by atoms with Gasteiger partial charge in [0, 0.05) is 18.7 Å². The van der Waals surface area contributed by atoms with Crippen LogP contribution in [0.25, 0.3) is 0 Å². The van der Waals surface area contributed by atoms with E-state index in [0.717, 1.165) is 23.9 Å². The number of hydrogen-bond acceptors (Lipinski definition) is 6. The van der Waals surface area contributed by atoms with Crippen LogP contribution in [-0.4, -0.2) is 29.7 Å². The average molecular weight is 411 g/mol. The molecule has 0 aliphatic carbocycles. The number of hydrogen-bond donors (Lipinski definition) is 0. The molecule has 1 aromatic heterocycles. The van der Waals surface area contributed by atoms with Crippen molar-refractivity contribution < 1.29 is 32.4 Å². The molecular weight excluding hydrogens is 395 g/mol.